The zero-order chi connectivity index (χ0) is 4.99. The lowest BCUT2D eigenvalue weighted by atomic mass is 10.5. The fourth-order valence-corrected chi connectivity index (χ4v) is 0.158. The molecule has 3 heteroatoms. The average molecular weight is 112 g/mol. The summed E-state index contributed by atoms with van der Waals surface area (Å²) in [6, 6.07) is 0. The van der Waals surface area contributed by atoms with E-state index in [0.717, 1.165) is 0 Å². The standard InChI is InChI=1S/C4H8NO.Mg.2H/c1-3-4(6)5-2;;;/h3H2,1-2H3;;;. The first kappa shape index (κ1) is 10.3. The Bertz CT molecular complexity index is 49.7. The molecule has 0 saturated carbocycles. The second-order valence-electron chi connectivity index (χ2n) is 0.971. The van der Waals surface area contributed by atoms with Crippen molar-refractivity contribution in [2.45, 2.75) is 13.3 Å². The maximum atomic E-state index is 10.0. The van der Waals surface area contributed by atoms with Crippen molar-refractivity contribution in [2.24, 2.45) is 0 Å². The summed E-state index contributed by atoms with van der Waals surface area (Å²) in [5, 5.41) is 3.37. The molecule has 0 aliphatic carbocycles. The molecule has 0 unspecified atom stereocenters. The molecule has 1 amide bonds. The summed E-state index contributed by atoms with van der Waals surface area (Å²) >= 11 is 0. The number of hydrogen-bond acceptors (Lipinski definition) is 1. The van der Waals surface area contributed by atoms with Gasteiger partial charge in [0.2, 0.25) is 5.91 Å². The van der Waals surface area contributed by atoms with Crippen LogP contribution in [0.1, 0.15) is 13.3 Å². The fraction of sp³-hybridized carbons (Fsp3) is 0.750. The van der Waals surface area contributed by atoms with E-state index in [0.29, 0.717) is 6.42 Å². The van der Waals surface area contributed by atoms with Gasteiger partial charge >= 0.3 is 23.1 Å². The molecule has 0 aromatic rings. The van der Waals surface area contributed by atoms with E-state index in [1.54, 1.807) is 6.92 Å². The third-order valence-electron chi connectivity index (χ3n) is 0.552. The number of carbonyl (C=O) groups excluding carboxylic acids is 1. The maximum absolute atomic E-state index is 10.0. The second kappa shape index (κ2) is 6.24. The highest BCUT2D eigenvalue weighted by Gasteiger charge is 1.87. The highest BCUT2D eigenvalue weighted by Crippen LogP contribution is 1.70. The lowest BCUT2D eigenvalue weighted by Gasteiger charge is -1.83. The number of rotatable bonds is 1. The van der Waals surface area contributed by atoms with Crippen LogP contribution in [0.2, 0.25) is 0 Å². The molecular weight excluding hydrogens is 102 g/mol. The van der Waals surface area contributed by atoms with Crippen LogP contribution in [0.15, 0.2) is 0 Å². The molecular formula is C4H10MgNO. The maximum Gasteiger partial charge on any atom is 0.316 e. The van der Waals surface area contributed by atoms with Crippen LogP contribution in [0.5, 0.6) is 0 Å². The van der Waals surface area contributed by atoms with E-state index in [1.165, 1.54) is 7.05 Å². The van der Waals surface area contributed by atoms with E-state index in [4.69, 9.17) is 0 Å². The largest absolute Gasteiger partial charge is 0.316 e. The van der Waals surface area contributed by atoms with Crippen molar-refractivity contribution in [2.75, 3.05) is 7.05 Å². The molecule has 0 fully saturated rings. The summed E-state index contributed by atoms with van der Waals surface area (Å²) < 4.78 is 0. The molecule has 1 radical (unpaired) electrons. The van der Waals surface area contributed by atoms with Crippen LogP contribution in [0.25, 0.3) is 0 Å². The average Bonchev–Trinajstić information content (AvgIpc) is 1.65. The van der Waals surface area contributed by atoms with Gasteiger partial charge in [-0.3, -0.25) is 10.1 Å². The number of amides is 1. The molecule has 0 spiro atoms. The summed E-state index contributed by atoms with van der Waals surface area (Å²) in [5.41, 5.74) is 0. The van der Waals surface area contributed by atoms with Crippen LogP contribution < -0.4 is 5.32 Å². The van der Waals surface area contributed by atoms with E-state index in [9.17, 15) is 4.79 Å². The monoisotopic (exact) mass is 112 g/mol. The molecule has 0 atom stereocenters. The Morgan fingerprint density at radius 2 is 2.14 bits per heavy atom. The van der Waals surface area contributed by atoms with Crippen molar-refractivity contribution >= 4 is 29.0 Å². The van der Waals surface area contributed by atoms with E-state index in [1.807, 2.05) is 0 Å². The van der Waals surface area contributed by atoms with Gasteiger partial charge < -0.3 is 0 Å². The first-order valence-electron chi connectivity index (χ1n) is 1.94. The van der Waals surface area contributed by atoms with Crippen LogP contribution in [0.3, 0.4) is 0 Å². The number of nitrogens with zero attached hydrogens (tertiary/aromatic N) is 1. The topological polar surface area (TPSA) is 31.2 Å². The van der Waals surface area contributed by atoms with Crippen LogP contribution in [0.4, 0.5) is 0 Å². The quantitative estimate of drug-likeness (QED) is 0.410. The van der Waals surface area contributed by atoms with Crippen molar-refractivity contribution in [3.63, 3.8) is 0 Å². The van der Waals surface area contributed by atoms with Gasteiger partial charge in [0.15, 0.2) is 0 Å². The molecule has 0 aromatic carbocycles. The van der Waals surface area contributed by atoms with Gasteiger partial charge in [-0.2, -0.15) is 0 Å². The SMILES string of the molecule is CCC(=O)[N]C.[MgH2]. The highest BCUT2D eigenvalue weighted by molar-refractivity contribution is 5.75. The second-order valence-corrected chi connectivity index (χ2v) is 0.971. The Morgan fingerprint density at radius 3 is 2.14 bits per heavy atom. The van der Waals surface area contributed by atoms with E-state index in [2.05, 4.69) is 5.32 Å². The van der Waals surface area contributed by atoms with Crippen molar-refractivity contribution in [3.05, 3.63) is 0 Å². The predicted octanol–water partition coefficient (Wildman–Crippen LogP) is -0.759. The Kier molecular flexibility index (Phi) is 9.14. The van der Waals surface area contributed by atoms with Crippen molar-refractivity contribution in [3.8, 4) is 0 Å². The normalized spacial score (nSPS) is 6.57. The minimum atomic E-state index is -0.0324. The van der Waals surface area contributed by atoms with Gasteiger partial charge in [-0.15, -0.1) is 0 Å². The van der Waals surface area contributed by atoms with Gasteiger partial charge in [-0.05, 0) is 0 Å². The van der Waals surface area contributed by atoms with Crippen LogP contribution >= 0.6 is 0 Å². The zero-order valence-electron chi connectivity index (χ0n) is 4.06. The Balaban J connectivity index is 0. The van der Waals surface area contributed by atoms with E-state index >= 15 is 0 Å². The number of carbonyl (C=O) groups is 1. The summed E-state index contributed by atoms with van der Waals surface area (Å²) in [6.07, 6.45) is 0.524. The summed E-state index contributed by atoms with van der Waals surface area (Å²) in [4.78, 5) is 10.0. The number of hydrogen-bond donors (Lipinski definition) is 0. The van der Waals surface area contributed by atoms with Crippen molar-refractivity contribution < 1.29 is 4.79 Å². The predicted molar refractivity (Wildman–Crippen MR) is 31.9 cm³/mol. The van der Waals surface area contributed by atoms with Crippen LogP contribution in [-0.4, -0.2) is 36.0 Å². The van der Waals surface area contributed by atoms with Gasteiger partial charge in [0, 0.05) is 13.5 Å². The molecule has 0 saturated heterocycles. The summed E-state index contributed by atoms with van der Waals surface area (Å²) in [7, 11) is 1.51. The smallest absolute Gasteiger partial charge is 0.273 e. The van der Waals surface area contributed by atoms with Crippen LogP contribution in [0, 0.1) is 0 Å². The Hall–Kier alpha value is 0.236. The van der Waals surface area contributed by atoms with E-state index < -0.39 is 0 Å². The molecule has 0 heterocycles. The van der Waals surface area contributed by atoms with Gasteiger partial charge in [0.25, 0.3) is 0 Å². The third kappa shape index (κ3) is 6.24. The fourth-order valence-electron chi connectivity index (χ4n) is 0.158. The lowest BCUT2D eigenvalue weighted by Crippen LogP contribution is -2.06. The first-order chi connectivity index (χ1) is 2.81. The molecule has 0 aliphatic rings. The van der Waals surface area contributed by atoms with Crippen LogP contribution in [-0.2, 0) is 4.79 Å². The molecule has 2 nitrogen and oxygen atoms in total. The molecule has 0 aromatic heterocycles. The Labute approximate surface area is 59.8 Å². The van der Waals surface area contributed by atoms with Gasteiger partial charge in [0.1, 0.15) is 0 Å². The molecule has 7 heavy (non-hydrogen) atoms. The molecule has 0 aliphatic heterocycles. The minimum Gasteiger partial charge on any atom is -0.273 e. The van der Waals surface area contributed by atoms with Gasteiger partial charge in [-0.25, -0.2) is 0 Å². The lowest BCUT2D eigenvalue weighted by molar-refractivity contribution is -0.120. The molecule has 39 valence electrons. The summed E-state index contributed by atoms with van der Waals surface area (Å²) in [6.45, 7) is 1.79. The molecule has 0 N–H and O–H groups in total. The van der Waals surface area contributed by atoms with Gasteiger partial charge in [-0.1, -0.05) is 6.92 Å². The van der Waals surface area contributed by atoms with E-state index in [-0.39, 0.29) is 29.0 Å². The van der Waals surface area contributed by atoms with Crippen molar-refractivity contribution in [1.82, 2.24) is 5.32 Å². The zero-order valence-corrected chi connectivity index (χ0v) is 4.06. The molecule has 0 bridgehead atoms. The minimum absolute atomic E-state index is 0. The Morgan fingerprint density at radius 1 is 1.71 bits per heavy atom. The molecule has 0 rings (SSSR count). The third-order valence-corrected chi connectivity index (χ3v) is 0.552. The summed E-state index contributed by atoms with van der Waals surface area (Å²) in [5.74, 6) is -0.0324. The first-order valence-corrected chi connectivity index (χ1v) is 1.94. The van der Waals surface area contributed by atoms with Crippen molar-refractivity contribution in [1.29, 1.82) is 0 Å². The van der Waals surface area contributed by atoms with Gasteiger partial charge in [0.05, 0.1) is 0 Å². The highest BCUT2D eigenvalue weighted by atomic mass is 24.3.